The average Bonchev–Trinajstić information content (AvgIpc) is 2.63. The molecular formula is C21H48O2Sn. The van der Waals surface area contributed by atoms with Gasteiger partial charge in [0.2, 0.25) is 0 Å². The molecule has 0 aromatic carbocycles. The van der Waals surface area contributed by atoms with Crippen LogP contribution in [0.3, 0.4) is 0 Å². The average molecular weight is 451 g/mol. The summed E-state index contributed by atoms with van der Waals surface area (Å²) in [5, 5.41) is 0. The van der Waals surface area contributed by atoms with E-state index >= 15 is 0 Å². The van der Waals surface area contributed by atoms with Crippen molar-refractivity contribution in [3.63, 3.8) is 0 Å². The molecule has 24 heavy (non-hydrogen) atoms. The van der Waals surface area contributed by atoms with E-state index in [1.807, 2.05) is 0 Å². The van der Waals surface area contributed by atoms with Crippen molar-refractivity contribution in [3.05, 3.63) is 0 Å². The topological polar surface area (TPSA) is 18.5 Å². The molecule has 0 aromatic heterocycles. The molecule has 0 saturated heterocycles. The maximum absolute atomic E-state index is 5.30. The number of ether oxygens (including phenoxy) is 2. The van der Waals surface area contributed by atoms with Crippen molar-refractivity contribution < 1.29 is 9.47 Å². The van der Waals surface area contributed by atoms with Gasteiger partial charge < -0.3 is 9.47 Å². The minimum Gasteiger partial charge on any atom is -0.359 e. The summed E-state index contributed by atoms with van der Waals surface area (Å²) in [6.07, 6.45) is 14.8. The maximum atomic E-state index is 5.30. The standard InChI is InChI=1S/C9H18O2.3C4H10.Sn/c1-10-8-11-7-9-5-3-2-4-6-9;3*1-3-4-2;/h9H,2-8H2,1H3;3*3-4H2,1-2H3;. The van der Waals surface area contributed by atoms with E-state index in [1.54, 1.807) is 7.11 Å². The Morgan fingerprint density at radius 2 is 1.04 bits per heavy atom. The van der Waals surface area contributed by atoms with Gasteiger partial charge in [-0.2, -0.15) is 0 Å². The third-order valence-electron chi connectivity index (χ3n) is 3.78. The Morgan fingerprint density at radius 1 is 0.667 bits per heavy atom. The van der Waals surface area contributed by atoms with Crippen LogP contribution in [0.25, 0.3) is 0 Å². The molecule has 0 aromatic rings. The van der Waals surface area contributed by atoms with E-state index in [1.165, 1.54) is 70.6 Å². The minimum atomic E-state index is 0. The van der Waals surface area contributed by atoms with E-state index in [0.717, 1.165) is 12.5 Å². The maximum Gasteiger partial charge on any atom is 0.146 e. The predicted octanol–water partition coefficient (Wildman–Crippen LogP) is 7.23. The summed E-state index contributed by atoms with van der Waals surface area (Å²) in [6.45, 7) is 14.4. The van der Waals surface area contributed by atoms with Crippen LogP contribution in [0.15, 0.2) is 0 Å². The number of unbranched alkanes of at least 4 members (excludes halogenated alkanes) is 3. The largest absolute Gasteiger partial charge is 0.359 e. The van der Waals surface area contributed by atoms with Gasteiger partial charge in [0.15, 0.2) is 0 Å². The molecule has 1 rings (SSSR count). The number of hydrogen-bond donors (Lipinski definition) is 0. The van der Waals surface area contributed by atoms with E-state index in [2.05, 4.69) is 41.5 Å². The van der Waals surface area contributed by atoms with Gasteiger partial charge in [0.25, 0.3) is 0 Å². The Balaban J connectivity index is -0.000000130. The molecule has 3 heteroatoms. The smallest absolute Gasteiger partial charge is 0.146 e. The van der Waals surface area contributed by atoms with Gasteiger partial charge in [0.1, 0.15) is 6.79 Å². The molecule has 1 aliphatic rings. The first kappa shape index (κ1) is 32.4. The molecular weight excluding hydrogens is 403 g/mol. The molecule has 1 aliphatic carbocycles. The van der Waals surface area contributed by atoms with Crippen molar-refractivity contribution in [1.29, 1.82) is 0 Å². The molecule has 0 aliphatic heterocycles. The van der Waals surface area contributed by atoms with E-state index in [9.17, 15) is 0 Å². The van der Waals surface area contributed by atoms with Crippen LogP contribution < -0.4 is 0 Å². The second kappa shape index (κ2) is 34.9. The molecule has 0 unspecified atom stereocenters. The van der Waals surface area contributed by atoms with E-state index in [0.29, 0.717) is 6.79 Å². The minimum absolute atomic E-state index is 0. The van der Waals surface area contributed by atoms with Crippen LogP contribution in [0.2, 0.25) is 0 Å². The molecule has 0 bridgehead atoms. The molecule has 148 valence electrons. The first-order valence-corrected chi connectivity index (χ1v) is 10.2. The van der Waals surface area contributed by atoms with Crippen LogP contribution >= 0.6 is 0 Å². The van der Waals surface area contributed by atoms with Crippen LogP contribution in [0.4, 0.5) is 0 Å². The summed E-state index contributed by atoms with van der Waals surface area (Å²) < 4.78 is 10.1. The summed E-state index contributed by atoms with van der Waals surface area (Å²) in [5.41, 5.74) is 0. The summed E-state index contributed by atoms with van der Waals surface area (Å²) >= 11 is 0. The van der Waals surface area contributed by atoms with Gasteiger partial charge in [-0.3, -0.25) is 0 Å². The van der Waals surface area contributed by atoms with E-state index < -0.39 is 0 Å². The van der Waals surface area contributed by atoms with Crippen LogP contribution in [0.1, 0.15) is 112 Å². The van der Waals surface area contributed by atoms with Crippen molar-refractivity contribution >= 4 is 23.9 Å². The fraction of sp³-hybridized carbons (Fsp3) is 1.00. The Morgan fingerprint density at radius 3 is 1.33 bits per heavy atom. The first-order chi connectivity index (χ1) is 11.2. The molecule has 0 atom stereocenters. The van der Waals surface area contributed by atoms with Crippen LogP contribution in [-0.4, -0.2) is 44.4 Å². The van der Waals surface area contributed by atoms with Crippen LogP contribution in [0, 0.1) is 5.92 Å². The summed E-state index contributed by atoms with van der Waals surface area (Å²) in [5.74, 6) is 0.805. The molecule has 1 saturated carbocycles. The second-order valence-corrected chi connectivity index (χ2v) is 6.28. The zero-order valence-electron chi connectivity index (χ0n) is 18.1. The van der Waals surface area contributed by atoms with Crippen molar-refractivity contribution in [3.8, 4) is 0 Å². The zero-order chi connectivity index (χ0) is 18.2. The number of hydrogen-bond acceptors (Lipinski definition) is 2. The third kappa shape index (κ3) is 38.3. The summed E-state index contributed by atoms with van der Waals surface area (Å²) in [4.78, 5) is 0. The van der Waals surface area contributed by atoms with E-state index in [-0.39, 0.29) is 23.9 Å². The molecule has 0 heterocycles. The van der Waals surface area contributed by atoms with Gasteiger partial charge in [-0.15, -0.1) is 0 Å². The van der Waals surface area contributed by atoms with Gasteiger partial charge in [0.05, 0.1) is 6.61 Å². The number of methoxy groups -OCH3 is 1. The second-order valence-electron chi connectivity index (χ2n) is 6.28. The molecule has 0 spiro atoms. The Bertz CT molecular complexity index is 144. The molecule has 0 N–H and O–H groups in total. The Kier molecular flexibility index (Phi) is 47.2. The number of rotatable bonds is 7. The van der Waals surface area contributed by atoms with Crippen molar-refractivity contribution in [1.82, 2.24) is 0 Å². The fourth-order valence-electron chi connectivity index (χ4n) is 1.65. The van der Waals surface area contributed by atoms with Crippen molar-refractivity contribution in [2.24, 2.45) is 5.92 Å². The summed E-state index contributed by atoms with van der Waals surface area (Å²) in [7, 11) is 1.67. The molecule has 2 nitrogen and oxygen atoms in total. The van der Waals surface area contributed by atoms with Gasteiger partial charge >= 0.3 is 0 Å². The molecule has 1 fully saturated rings. The van der Waals surface area contributed by atoms with Gasteiger partial charge in [-0.05, 0) is 18.8 Å². The predicted molar refractivity (Wildman–Crippen MR) is 112 cm³/mol. The van der Waals surface area contributed by atoms with Gasteiger partial charge in [0, 0.05) is 31.0 Å². The molecule has 0 amide bonds. The Hall–Kier alpha value is 0.719. The normalized spacial score (nSPS) is 13.1. The zero-order valence-corrected chi connectivity index (χ0v) is 20.9. The van der Waals surface area contributed by atoms with E-state index in [4.69, 9.17) is 9.47 Å². The van der Waals surface area contributed by atoms with Crippen LogP contribution in [-0.2, 0) is 9.47 Å². The quantitative estimate of drug-likeness (QED) is 0.231. The Labute approximate surface area is 171 Å². The van der Waals surface area contributed by atoms with Crippen molar-refractivity contribution in [2.45, 2.75) is 112 Å². The van der Waals surface area contributed by atoms with Crippen molar-refractivity contribution in [2.75, 3.05) is 20.5 Å². The third-order valence-corrected chi connectivity index (χ3v) is 3.78. The SMILES string of the molecule is CCCC.CCCC.CCCC.COCOCC1CCCCC1.[Sn]. The monoisotopic (exact) mass is 452 g/mol. The first-order valence-electron chi connectivity index (χ1n) is 10.2. The molecule has 4 radical (unpaired) electrons. The van der Waals surface area contributed by atoms with Gasteiger partial charge in [-0.1, -0.05) is 99.3 Å². The van der Waals surface area contributed by atoms with Gasteiger partial charge in [-0.25, -0.2) is 0 Å². The fourth-order valence-corrected chi connectivity index (χ4v) is 1.65. The summed E-state index contributed by atoms with van der Waals surface area (Å²) in [6, 6.07) is 0. The van der Waals surface area contributed by atoms with Crippen LogP contribution in [0.5, 0.6) is 0 Å².